The molecule has 1 heterocycles. The van der Waals surface area contributed by atoms with Crippen molar-refractivity contribution in [3.05, 3.63) is 11.6 Å². The molecule has 0 fully saturated rings. The average molecular weight is 198 g/mol. The second kappa shape index (κ2) is 4.19. The number of hydrogen-bond acceptors (Lipinski definition) is 4. The molecule has 14 heavy (non-hydrogen) atoms. The van der Waals surface area contributed by atoms with E-state index in [1.165, 1.54) is 0 Å². The van der Waals surface area contributed by atoms with Crippen molar-refractivity contribution in [3.63, 3.8) is 0 Å². The highest BCUT2D eigenvalue weighted by molar-refractivity contribution is 5.68. The molecule has 78 valence electrons. The lowest BCUT2D eigenvalue weighted by molar-refractivity contribution is -0.138. The minimum atomic E-state index is -0.847. The van der Waals surface area contributed by atoms with Crippen LogP contribution in [0.15, 0.2) is 0 Å². The maximum Gasteiger partial charge on any atom is 0.317 e. The molecular weight excluding hydrogens is 184 g/mol. The van der Waals surface area contributed by atoms with Gasteiger partial charge in [0.05, 0.1) is 13.1 Å². The summed E-state index contributed by atoms with van der Waals surface area (Å²) >= 11 is 0. The number of carboxylic acids is 1. The summed E-state index contributed by atoms with van der Waals surface area (Å²) in [5, 5.41) is 12.7. The van der Waals surface area contributed by atoms with Crippen LogP contribution in [0.25, 0.3) is 0 Å². The van der Waals surface area contributed by atoms with Crippen LogP contribution in [0.2, 0.25) is 0 Å². The Kier molecular flexibility index (Phi) is 3.19. The zero-order valence-corrected chi connectivity index (χ0v) is 8.56. The molecule has 0 unspecified atom stereocenters. The summed E-state index contributed by atoms with van der Waals surface area (Å²) in [6.07, 6.45) is 0. The number of carbonyl (C=O) groups is 1. The maximum atomic E-state index is 10.4. The predicted molar refractivity (Wildman–Crippen MR) is 49.7 cm³/mol. The highest BCUT2D eigenvalue weighted by Crippen LogP contribution is 1.98. The fourth-order valence-electron chi connectivity index (χ4n) is 1.12. The van der Waals surface area contributed by atoms with Gasteiger partial charge in [-0.05, 0) is 14.0 Å². The maximum absolute atomic E-state index is 10.4. The number of hydrogen-bond donors (Lipinski definition) is 1. The Hall–Kier alpha value is -1.43. The first-order chi connectivity index (χ1) is 6.49. The number of rotatable bonds is 4. The summed E-state index contributed by atoms with van der Waals surface area (Å²) in [5.41, 5.74) is 0. The van der Waals surface area contributed by atoms with E-state index < -0.39 is 5.97 Å². The van der Waals surface area contributed by atoms with E-state index in [4.69, 9.17) is 5.11 Å². The standard InChI is InChI=1S/C8H14N4O2/c1-6-9-7(10-12(6)3)4-11(2)5-8(13)14/h4-5H2,1-3H3,(H,13,14). The number of aliphatic carboxylic acids is 1. The van der Waals surface area contributed by atoms with Crippen molar-refractivity contribution in [2.75, 3.05) is 13.6 Å². The van der Waals surface area contributed by atoms with Gasteiger partial charge in [0.15, 0.2) is 5.82 Å². The van der Waals surface area contributed by atoms with Gasteiger partial charge in [0.1, 0.15) is 5.82 Å². The second-order valence-electron chi connectivity index (χ2n) is 3.26. The van der Waals surface area contributed by atoms with Crippen molar-refractivity contribution in [3.8, 4) is 0 Å². The largest absolute Gasteiger partial charge is 0.480 e. The molecular formula is C8H14N4O2. The molecule has 0 spiro atoms. The fourth-order valence-corrected chi connectivity index (χ4v) is 1.12. The molecule has 0 aliphatic heterocycles. The SMILES string of the molecule is Cc1nc(CN(C)CC(=O)O)nn1C. The van der Waals surface area contributed by atoms with Gasteiger partial charge in [0, 0.05) is 7.05 Å². The molecule has 1 aromatic rings. The summed E-state index contributed by atoms with van der Waals surface area (Å²) < 4.78 is 1.67. The van der Waals surface area contributed by atoms with Gasteiger partial charge in [0.25, 0.3) is 0 Å². The first-order valence-corrected chi connectivity index (χ1v) is 4.26. The molecule has 0 atom stereocenters. The first-order valence-electron chi connectivity index (χ1n) is 4.26. The number of likely N-dealkylation sites (N-methyl/N-ethyl adjacent to an activating group) is 1. The molecule has 1 N–H and O–H groups in total. The number of carboxylic acid groups (broad SMARTS) is 1. The van der Waals surface area contributed by atoms with E-state index in [2.05, 4.69) is 10.1 Å². The third-order valence-corrected chi connectivity index (χ3v) is 1.84. The average Bonchev–Trinajstić information content (AvgIpc) is 2.28. The van der Waals surface area contributed by atoms with Crippen LogP contribution >= 0.6 is 0 Å². The van der Waals surface area contributed by atoms with Crippen LogP contribution in [0.4, 0.5) is 0 Å². The van der Waals surface area contributed by atoms with E-state index in [9.17, 15) is 4.79 Å². The molecule has 0 aliphatic rings. The number of aromatic nitrogens is 3. The van der Waals surface area contributed by atoms with Gasteiger partial charge in [-0.25, -0.2) is 4.98 Å². The van der Waals surface area contributed by atoms with E-state index in [0.717, 1.165) is 5.82 Å². The predicted octanol–water partition coefficient (Wildman–Crippen LogP) is -0.360. The molecule has 0 amide bonds. The van der Waals surface area contributed by atoms with E-state index in [-0.39, 0.29) is 6.54 Å². The normalized spacial score (nSPS) is 10.9. The second-order valence-corrected chi connectivity index (χ2v) is 3.26. The van der Waals surface area contributed by atoms with Crippen LogP contribution < -0.4 is 0 Å². The minimum absolute atomic E-state index is 0.00268. The van der Waals surface area contributed by atoms with E-state index in [0.29, 0.717) is 12.4 Å². The first kappa shape index (κ1) is 10.6. The Morgan fingerprint density at radius 1 is 1.64 bits per heavy atom. The van der Waals surface area contributed by atoms with Crippen molar-refractivity contribution in [1.82, 2.24) is 19.7 Å². The minimum Gasteiger partial charge on any atom is -0.480 e. The summed E-state index contributed by atoms with van der Waals surface area (Å²) in [6.45, 7) is 2.30. The smallest absolute Gasteiger partial charge is 0.317 e. The topological polar surface area (TPSA) is 71.2 Å². The lowest BCUT2D eigenvalue weighted by Gasteiger charge is -2.10. The Balaban J connectivity index is 2.56. The highest BCUT2D eigenvalue weighted by Gasteiger charge is 2.09. The molecule has 6 heteroatoms. The molecule has 0 saturated heterocycles. The molecule has 6 nitrogen and oxygen atoms in total. The summed E-state index contributed by atoms with van der Waals surface area (Å²) in [5.74, 6) is 0.623. The quantitative estimate of drug-likeness (QED) is 0.715. The van der Waals surface area contributed by atoms with Gasteiger partial charge in [-0.1, -0.05) is 0 Å². The molecule has 0 saturated carbocycles. The van der Waals surface area contributed by atoms with Gasteiger partial charge < -0.3 is 5.11 Å². The number of aryl methyl sites for hydroxylation is 2. The lowest BCUT2D eigenvalue weighted by Crippen LogP contribution is -2.25. The molecule has 0 bridgehead atoms. The third-order valence-electron chi connectivity index (χ3n) is 1.84. The van der Waals surface area contributed by atoms with Crippen molar-refractivity contribution in [2.24, 2.45) is 7.05 Å². The lowest BCUT2D eigenvalue weighted by atomic mass is 10.5. The van der Waals surface area contributed by atoms with E-state index >= 15 is 0 Å². The Bertz CT molecular complexity index is 315. The van der Waals surface area contributed by atoms with Crippen molar-refractivity contribution >= 4 is 5.97 Å². The van der Waals surface area contributed by atoms with Crippen LogP contribution in [-0.4, -0.2) is 44.3 Å². The zero-order valence-electron chi connectivity index (χ0n) is 8.56. The van der Waals surface area contributed by atoms with Crippen LogP contribution in [0.5, 0.6) is 0 Å². The molecule has 0 radical (unpaired) electrons. The Morgan fingerprint density at radius 3 is 2.71 bits per heavy atom. The van der Waals surface area contributed by atoms with Gasteiger partial charge in [0.2, 0.25) is 0 Å². The Labute approximate surface area is 82.2 Å². The van der Waals surface area contributed by atoms with Gasteiger partial charge in [-0.2, -0.15) is 5.10 Å². The van der Waals surface area contributed by atoms with Crippen LogP contribution in [0.3, 0.4) is 0 Å². The van der Waals surface area contributed by atoms with Crippen molar-refractivity contribution in [2.45, 2.75) is 13.5 Å². The van der Waals surface area contributed by atoms with Crippen LogP contribution in [-0.2, 0) is 18.4 Å². The summed E-state index contributed by atoms with van der Waals surface area (Å²) in [6, 6.07) is 0. The fraction of sp³-hybridized carbons (Fsp3) is 0.625. The van der Waals surface area contributed by atoms with Crippen LogP contribution in [0, 0.1) is 6.92 Å². The summed E-state index contributed by atoms with van der Waals surface area (Å²) in [4.78, 5) is 16.2. The molecule has 1 rings (SSSR count). The highest BCUT2D eigenvalue weighted by atomic mass is 16.4. The molecule has 1 aromatic heterocycles. The zero-order chi connectivity index (χ0) is 10.7. The van der Waals surface area contributed by atoms with E-state index in [1.807, 2.05) is 14.0 Å². The summed E-state index contributed by atoms with van der Waals surface area (Å²) in [7, 11) is 3.53. The Morgan fingerprint density at radius 2 is 2.29 bits per heavy atom. The van der Waals surface area contributed by atoms with Crippen LogP contribution in [0.1, 0.15) is 11.6 Å². The monoisotopic (exact) mass is 198 g/mol. The third kappa shape index (κ3) is 2.81. The van der Waals surface area contributed by atoms with Crippen molar-refractivity contribution < 1.29 is 9.90 Å². The molecule has 0 aliphatic carbocycles. The molecule has 0 aromatic carbocycles. The van der Waals surface area contributed by atoms with E-state index in [1.54, 1.807) is 16.6 Å². The van der Waals surface area contributed by atoms with Crippen molar-refractivity contribution in [1.29, 1.82) is 0 Å². The van der Waals surface area contributed by atoms with Gasteiger partial charge in [-0.3, -0.25) is 14.4 Å². The number of nitrogens with zero attached hydrogens (tertiary/aromatic N) is 4. The van der Waals surface area contributed by atoms with Gasteiger partial charge in [-0.15, -0.1) is 0 Å². The van der Waals surface area contributed by atoms with Gasteiger partial charge >= 0.3 is 5.97 Å².